The molecule has 0 saturated carbocycles. The van der Waals surface area contributed by atoms with Crippen molar-refractivity contribution in [1.29, 1.82) is 0 Å². The molecule has 1 atom stereocenters. The van der Waals surface area contributed by atoms with E-state index in [2.05, 4.69) is 25.7 Å². The molecule has 8 heteroatoms. The smallest absolute Gasteiger partial charge is 0.241 e. The number of amides is 2. The third kappa shape index (κ3) is 5.59. The fraction of sp³-hybridized carbons (Fsp3) is 0.333. The van der Waals surface area contributed by atoms with Gasteiger partial charge >= 0.3 is 0 Å². The number of carbonyl (C=O) groups is 2. The molecule has 0 radical (unpaired) electrons. The van der Waals surface area contributed by atoms with Crippen molar-refractivity contribution in [3.63, 3.8) is 0 Å². The molecule has 1 saturated heterocycles. The number of benzene rings is 2. The summed E-state index contributed by atoms with van der Waals surface area (Å²) in [5.74, 6) is 0.885. The molecule has 0 aliphatic carbocycles. The van der Waals surface area contributed by atoms with Crippen molar-refractivity contribution in [2.45, 2.75) is 33.2 Å². The quantitative estimate of drug-likeness (QED) is 0.612. The molecule has 0 bridgehead atoms. The molecule has 32 heavy (non-hydrogen) atoms. The molecule has 1 fully saturated rings. The van der Waals surface area contributed by atoms with Crippen molar-refractivity contribution < 1.29 is 14.1 Å². The molecule has 1 aliphatic heterocycles. The number of likely N-dealkylation sites (tertiary alicyclic amines) is 1. The zero-order valence-corrected chi connectivity index (χ0v) is 18.3. The van der Waals surface area contributed by atoms with Gasteiger partial charge in [0.25, 0.3) is 0 Å². The molecule has 1 aromatic heterocycles. The van der Waals surface area contributed by atoms with E-state index < -0.39 is 0 Å². The van der Waals surface area contributed by atoms with Crippen molar-refractivity contribution in [2.75, 3.05) is 23.7 Å². The summed E-state index contributed by atoms with van der Waals surface area (Å²) in [4.78, 5) is 30.6. The van der Waals surface area contributed by atoms with E-state index in [0.29, 0.717) is 36.2 Å². The molecular weight excluding hydrogens is 406 g/mol. The summed E-state index contributed by atoms with van der Waals surface area (Å²) < 4.78 is 5.46. The third-order valence-corrected chi connectivity index (χ3v) is 5.45. The fourth-order valence-electron chi connectivity index (χ4n) is 3.91. The van der Waals surface area contributed by atoms with Crippen LogP contribution in [0.1, 0.15) is 31.2 Å². The largest absolute Gasteiger partial charge is 0.338 e. The van der Waals surface area contributed by atoms with Gasteiger partial charge in [-0.25, -0.2) is 0 Å². The van der Waals surface area contributed by atoms with Crippen molar-refractivity contribution in [3.05, 3.63) is 60.0 Å². The number of nitrogens with one attached hydrogen (secondary N) is 2. The van der Waals surface area contributed by atoms with Gasteiger partial charge < -0.3 is 15.2 Å². The molecule has 4 rings (SSSR count). The fourth-order valence-corrected chi connectivity index (χ4v) is 3.91. The SMILES string of the molecule is CC(=O)Nc1ccc(NC(=O)C2CCCN(Cc3nc(-c4cccc(C)c4)no3)C2)cc1. The monoisotopic (exact) mass is 433 g/mol. The van der Waals surface area contributed by atoms with Gasteiger partial charge in [0.05, 0.1) is 12.5 Å². The van der Waals surface area contributed by atoms with Gasteiger partial charge in [-0.15, -0.1) is 0 Å². The maximum atomic E-state index is 12.8. The Hall–Kier alpha value is -3.52. The normalized spacial score (nSPS) is 16.5. The first-order valence-corrected chi connectivity index (χ1v) is 10.8. The van der Waals surface area contributed by atoms with Gasteiger partial charge in [-0.2, -0.15) is 4.98 Å². The summed E-state index contributed by atoms with van der Waals surface area (Å²) >= 11 is 0. The van der Waals surface area contributed by atoms with Gasteiger partial charge in [-0.3, -0.25) is 14.5 Å². The van der Waals surface area contributed by atoms with Crippen LogP contribution in [0.4, 0.5) is 11.4 Å². The van der Waals surface area contributed by atoms with E-state index in [0.717, 1.165) is 30.5 Å². The molecule has 1 aliphatic rings. The summed E-state index contributed by atoms with van der Waals surface area (Å²) in [6.07, 6.45) is 1.77. The maximum Gasteiger partial charge on any atom is 0.241 e. The summed E-state index contributed by atoms with van der Waals surface area (Å²) in [6, 6.07) is 15.1. The van der Waals surface area contributed by atoms with Crippen LogP contribution in [0, 0.1) is 12.8 Å². The van der Waals surface area contributed by atoms with Crippen molar-refractivity contribution in [1.82, 2.24) is 15.0 Å². The minimum absolute atomic E-state index is 0.00652. The lowest BCUT2D eigenvalue weighted by Gasteiger charge is -2.30. The van der Waals surface area contributed by atoms with Gasteiger partial charge in [0.2, 0.25) is 23.5 Å². The zero-order valence-electron chi connectivity index (χ0n) is 18.3. The standard InChI is InChI=1S/C24H27N5O3/c1-16-5-3-6-18(13-16)23-27-22(32-28-23)15-29-12-4-7-19(14-29)24(31)26-21-10-8-20(9-11-21)25-17(2)30/h3,5-6,8-11,13,19H,4,7,12,14-15H2,1-2H3,(H,25,30)(H,26,31). The number of hydrogen-bond acceptors (Lipinski definition) is 6. The van der Waals surface area contributed by atoms with Gasteiger partial charge in [0.1, 0.15) is 0 Å². The highest BCUT2D eigenvalue weighted by molar-refractivity contribution is 5.93. The van der Waals surface area contributed by atoms with Crippen LogP contribution < -0.4 is 10.6 Å². The van der Waals surface area contributed by atoms with Crippen LogP contribution in [0.15, 0.2) is 53.1 Å². The summed E-state index contributed by atoms with van der Waals surface area (Å²) in [5, 5.41) is 9.80. The Balaban J connectivity index is 1.33. The van der Waals surface area contributed by atoms with E-state index in [1.54, 1.807) is 24.3 Å². The molecule has 8 nitrogen and oxygen atoms in total. The Bertz CT molecular complexity index is 1090. The number of aromatic nitrogens is 2. The summed E-state index contributed by atoms with van der Waals surface area (Å²) in [5.41, 5.74) is 3.48. The highest BCUT2D eigenvalue weighted by Gasteiger charge is 2.27. The average molecular weight is 434 g/mol. The Labute approximate surface area is 187 Å². The molecule has 2 aromatic carbocycles. The highest BCUT2D eigenvalue weighted by atomic mass is 16.5. The zero-order chi connectivity index (χ0) is 22.5. The van der Waals surface area contributed by atoms with Gasteiger partial charge in [0, 0.05) is 30.4 Å². The van der Waals surface area contributed by atoms with Gasteiger partial charge in [-0.1, -0.05) is 28.9 Å². The lowest BCUT2D eigenvalue weighted by molar-refractivity contribution is -0.121. The minimum Gasteiger partial charge on any atom is -0.338 e. The molecule has 1 unspecified atom stereocenters. The number of aryl methyl sites for hydroxylation is 1. The Morgan fingerprint density at radius 2 is 1.88 bits per heavy atom. The first-order valence-electron chi connectivity index (χ1n) is 10.8. The highest BCUT2D eigenvalue weighted by Crippen LogP contribution is 2.22. The van der Waals surface area contributed by atoms with Crippen molar-refractivity contribution in [3.8, 4) is 11.4 Å². The number of carbonyl (C=O) groups excluding carboxylic acids is 2. The number of piperidine rings is 1. The minimum atomic E-state index is -0.128. The van der Waals surface area contributed by atoms with Crippen LogP contribution in [0.2, 0.25) is 0 Å². The van der Waals surface area contributed by atoms with E-state index in [-0.39, 0.29) is 17.7 Å². The average Bonchev–Trinajstić information content (AvgIpc) is 3.23. The number of nitrogens with zero attached hydrogens (tertiary/aromatic N) is 3. The van der Waals surface area contributed by atoms with Crippen LogP contribution >= 0.6 is 0 Å². The number of hydrogen-bond donors (Lipinski definition) is 2. The van der Waals surface area contributed by atoms with E-state index in [9.17, 15) is 9.59 Å². The molecule has 0 spiro atoms. The van der Waals surface area contributed by atoms with Crippen LogP contribution in [0.3, 0.4) is 0 Å². The lowest BCUT2D eigenvalue weighted by atomic mass is 9.97. The predicted molar refractivity (Wildman–Crippen MR) is 122 cm³/mol. The van der Waals surface area contributed by atoms with Crippen LogP contribution in [-0.4, -0.2) is 39.9 Å². The van der Waals surface area contributed by atoms with Crippen LogP contribution in [0.25, 0.3) is 11.4 Å². The number of rotatable bonds is 6. The summed E-state index contributed by atoms with van der Waals surface area (Å²) in [6.45, 7) is 5.53. The second-order valence-electron chi connectivity index (χ2n) is 8.20. The third-order valence-electron chi connectivity index (χ3n) is 5.45. The predicted octanol–water partition coefficient (Wildman–Crippen LogP) is 3.85. The topological polar surface area (TPSA) is 100 Å². The second-order valence-corrected chi connectivity index (χ2v) is 8.20. The molecule has 166 valence electrons. The molecule has 2 amide bonds. The lowest BCUT2D eigenvalue weighted by Crippen LogP contribution is -2.40. The van der Waals surface area contributed by atoms with Gasteiger partial charge in [-0.05, 0) is 56.6 Å². The van der Waals surface area contributed by atoms with Crippen LogP contribution in [-0.2, 0) is 16.1 Å². The molecule has 3 aromatic rings. The Morgan fingerprint density at radius 3 is 2.59 bits per heavy atom. The molecular formula is C24H27N5O3. The first-order chi connectivity index (χ1) is 15.5. The Kier molecular flexibility index (Phi) is 6.61. The van der Waals surface area contributed by atoms with E-state index in [1.807, 2.05) is 31.2 Å². The second kappa shape index (κ2) is 9.74. The van der Waals surface area contributed by atoms with E-state index in [4.69, 9.17) is 4.52 Å². The molecule has 2 N–H and O–H groups in total. The summed E-state index contributed by atoms with van der Waals surface area (Å²) in [7, 11) is 0. The van der Waals surface area contributed by atoms with E-state index in [1.165, 1.54) is 6.92 Å². The van der Waals surface area contributed by atoms with Gasteiger partial charge in [0.15, 0.2) is 0 Å². The van der Waals surface area contributed by atoms with Crippen molar-refractivity contribution >= 4 is 23.2 Å². The van der Waals surface area contributed by atoms with Crippen molar-refractivity contribution in [2.24, 2.45) is 5.92 Å². The molecule has 2 heterocycles. The number of anilines is 2. The first kappa shape index (κ1) is 21.7. The van der Waals surface area contributed by atoms with E-state index >= 15 is 0 Å². The maximum absolute atomic E-state index is 12.8. The van der Waals surface area contributed by atoms with Crippen LogP contribution in [0.5, 0.6) is 0 Å². The Morgan fingerprint density at radius 1 is 1.12 bits per heavy atom.